The minimum Gasteiger partial charge on any atom is -0.388 e. The van der Waals surface area contributed by atoms with Crippen molar-refractivity contribution in [2.45, 2.75) is 6.42 Å². The van der Waals surface area contributed by atoms with Gasteiger partial charge in [0.25, 0.3) is 0 Å². The Morgan fingerprint density at radius 1 is 1.06 bits per heavy atom. The molecule has 0 aliphatic rings. The Kier molecular flexibility index (Phi) is 3.38. The summed E-state index contributed by atoms with van der Waals surface area (Å²) in [5.74, 6) is -0.785. The van der Waals surface area contributed by atoms with Crippen LogP contribution in [0.25, 0.3) is 0 Å². The van der Waals surface area contributed by atoms with Crippen LogP contribution in [0, 0.1) is 11.6 Å². The summed E-state index contributed by atoms with van der Waals surface area (Å²) in [5, 5.41) is 3.01. The van der Waals surface area contributed by atoms with Gasteiger partial charge in [-0.15, -0.1) is 0 Å². The molecule has 0 atom stereocenters. The molecule has 0 saturated heterocycles. The van der Waals surface area contributed by atoms with Gasteiger partial charge in [-0.05, 0) is 41.5 Å². The molecule has 0 aliphatic heterocycles. The predicted octanol–water partition coefficient (Wildman–Crippen LogP) is 3.60. The topological polar surface area (TPSA) is 12.0 Å². The quantitative estimate of drug-likeness (QED) is 0.854. The third-order valence-electron chi connectivity index (χ3n) is 2.62. The molecular weight excluding hydrogens is 220 g/mol. The number of hydrogen-bond acceptors (Lipinski definition) is 1. The highest BCUT2D eigenvalue weighted by Gasteiger charge is 2.05. The Morgan fingerprint density at radius 2 is 1.88 bits per heavy atom. The van der Waals surface area contributed by atoms with E-state index in [9.17, 15) is 8.78 Å². The second kappa shape index (κ2) is 4.95. The molecule has 0 saturated carbocycles. The predicted molar refractivity (Wildman–Crippen MR) is 65.2 cm³/mol. The van der Waals surface area contributed by atoms with Crippen LogP contribution >= 0.6 is 0 Å². The van der Waals surface area contributed by atoms with E-state index in [4.69, 9.17) is 0 Å². The summed E-state index contributed by atoms with van der Waals surface area (Å²) >= 11 is 0. The fourth-order valence-electron chi connectivity index (χ4n) is 1.74. The molecule has 0 radical (unpaired) electrons. The Bertz CT molecular complexity index is 523. The van der Waals surface area contributed by atoms with E-state index in [0.29, 0.717) is 12.0 Å². The molecule has 3 heteroatoms. The van der Waals surface area contributed by atoms with Crippen molar-refractivity contribution >= 4 is 5.69 Å². The smallest absolute Gasteiger partial charge is 0.126 e. The maximum Gasteiger partial charge on any atom is 0.126 e. The first kappa shape index (κ1) is 11.6. The highest BCUT2D eigenvalue weighted by Crippen LogP contribution is 2.17. The van der Waals surface area contributed by atoms with Crippen molar-refractivity contribution in [1.82, 2.24) is 0 Å². The molecule has 0 fully saturated rings. The van der Waals surface area contributed by atoms with Crippen molar-refractivity contribution < 1.29 is 8.78 Å². The van der Waals surface area contributed by atoms with Crippen molar-refractivity contribution in [3.63, 3.8) is 0 Å². The SMILES string of the molecule is CNc1cccc(Cc2cc(F)ccc2F)c1. The summed E-state index contributed by atoms with van der Waals surface area (Å²) in [6.07, 6.45) is 0.388. The summed E-state index contributed by atoms with van der Waals surface area (Å²) in [6, 6.07) is 11.1. The van der Waals surface area contributed by atoms with Crippen molar-refractivity contribution in [3.05, 3.63) is 65.2 Å². The Hall–Kier alpha value is -1.90. The number of benzene rings is 2. The average Bonchev–Trinajstić information content (AvgIpc) is 2.34. The molecule has 0 amide bonds. The number of rotatable bonds is 3. The standard InChI is InChI=1S/C14H13F2N/c1-17-13-4-2-3-10(8-13)7-11-9-12(15)5-6-14(11)16/h2-6,8-9,17H,7H2,1H3. The lowest BCUT2D eigenvalue weighted by atomic mass is 10.0. The zero-order chi connectivity index (χ0) is 12.3. The van der Waals surface area contributed by atoms with Crippen LogP contribution in [0.2, 0.25) is 0 Å². The van der Waals surface area contributed by atoms with E-state index >= 15 is 0 Å². The number of hydrogen-bond donors (Lipinski definition) is 1. The maximum absolute atomic E-state index is 13.5. The summed E-state index contributed by atoms with van der Waals surface area (Å²) < 4.78 is 26.5. The van der Waals surface area contributed by atoms with Crippen LogP contribution in [0.1, 0.15) is 11.1 Å². The van der Waals surface area contributed by atoms with Crippen molar-refractivity contribution in [2.75, 3.05) is 12.4 Å². The van der Waals surface area contributed by atoms with Gasteiger partial charge in [-0.1, -0.05) is 12.1 Å². The lowest BCUT2D eigenvalue weighted by Gasteiger charge is -2.06. The lowest BCUT2D eigenvalue weighted by molar-refractivity contribution is 0.588. The second-order valence-corrected chi connectivity index (χ2v) is 3.86. The molecule has 0 bridgehead atoms. The van der Waals surface area contributed by atoms with Gasteiger partial charge in [0, 0.05) is 19.2 Å². The maximum atomic E-state index is 13.5. The summed E-state index contributed by atoms with van der Waals surface area (Å²) in [5.41, 5.74) is 2.28. The molecule has 0 heterocycles. The lowest BCUT2D eigenvalue weighted by Crippen LogP contribution is -1.95. The molecule has 1 N–H and O–H groups in total. The van der Waals surface area contributed by atoms with Gasteiger partial charge in [-0.25, -0.2) is 8.78 Å². The van der Waals surface area contributed by atoms with Gasteiger partial charge in [0.1, 0.15) is 11.6 Å². The van der Waals surface area contributed by atoms with Crippen molar-refractivity contribution in [1.29, 1.82) is 0 Å². The van der Waals surface area contributed by atoms with Crippen molar-refractivity contribution in [2.24, 2.45) is 0 Å². The normalized spacial score (nSPS) is 10.3. The Labute approximate surface area is 99.1 Å². The third-order valence-corrected chi connectivity index (χ3v) is 2.62. The average molecular weight is 233 g/mol. The summed E-state index contributed by atoms with van der Waals surface area (Å²) in [6.45, 7) is 0. The van der Waals surface area contributed by atoms with Gasteiger partial charge in [-0.2, -0.15) is 0 Å². The van der Waals surface area contributed by atoms with Gasteiger partial charge >= 0.3 is 0 Å². The highest BCUT2D eigenvalue weighted by molar-refractivity contribution is 5.46. The van der Waals surface area contributed by atoms with E-state index in [1.165, 1.54) is 6.07 Å². The molecule has 88 valence electrons. The molecule has 17 heavy (non-hydrogen) atoms. The van der Waals surface area contributed by atoms with Gasteiger partial charge in [0.2, 0.25) is 0 Å². The number of anilines is 1. The number of nitrogens with one attached hydrogen (secondary N) is 1. The molecule has 2 aromatic rings. The van der Waals surface area contributed by atoms with Crippen LogP contribution in [-0.2, 0) is 6.42 Å². The van der Waals surface area contributed by atoms with E-state index < -0.39 is 5.82 Å². The van der Waals surface area contributed by atoms with Gasteiger partial charge in [-0.3, -0.25) is 0 Å². The largest absolute Gasteiger partial charge is 0.388 e. The first-order valence-corrected chi connectivity index (χ1v) is 5.39. The van der Waals surface area contributed by atoms with Crippen LogP contribution in [0.15, 0.2) is 42.5 Å². The fraction of sp³-hybridized carbons (Fsp3) is 0.143. The molecule has 0 aliphatic carbocycles. The first-order chi connectivity index (χ1) is 8.19. The first-order valence-electron chi connectivity index (χ1n) is 5.39. The molecule has 0 spiro atoms. The van der Waals surface area contributed by atoms with Crippen LogP contribution < -0.4 is 5.32 Å². The van der Waals surface area contributed by atoms with Crippen LogP contribution in [0.3, 0.4) is 0 Å². The van der Waals surface area contributed by atoms with E-state index in [-0.39, 0.29) is 5.82 Å². The summed E-state index contributed by atoms with van der Waals surface area (Å²) in [7, 11) is 1.82. The monoisotopic (exact) mass is 233 g/mol. The van der Waals surface area contributed by atoms with E-state index in [2.05, 4.69) is 5.32 Å². The van der Waals surface area contributed by atoms with Gasteiger partial charge in [0.05, 0.1) is 0 Å². The minimum absolute atomic E-state index is 0.373. The van der Waals surface area contributed by atoms with Crippen LogP contribution in [-0.4, -0.2) is 7.05 Å². The zero-order valence-corrected chi connectivity index (χ0v) is 9.50. The second-order valence-electron chi connectivity index (χ2n) is 3.86. The highest BCUT2D eigenvalue weighted by atomic mass is 19.1. The molecule has 2 rings (SSSR count). The Balaban J connectivity index is 2.27. The van der Waals surface area contributed by atoms with Crippen LogP contribution in [0.4, 0.5) is 14.5 Å². The Morgan fingerprint density at radius 3 is 2.65 bits per heavy atom. The minimum atomic E-state index is -0.411. The van der Waals surface area contributed by atoms with Crippen LogP contribution in [0.5, 0.6) is 0 Å². The molecule has 0 unspecified atom stereocenters. The molecular formula is C14H13F2N. The molecule has 2 aromatic carbocycles. The van der Waals surface area contributed by atoms with E-state index in [1.54, 1.807) is 0 Å². The summed E-state index contributed by atoms with van der Waals surface area (Å²) in [4.78, 5) is 0. The third kappa shape index (κ3) is 2.81. The number of halogens is 2. The van der Waals surface area contributed by atoms with E-state index in [1.807, 2.05) is 31.3 Å². The van der Waals surface area contributed by atoms with Crippen molar-refractivity contribution in [3.8, 4) is 0 Å². The van der Waals surface area contributed by atoms with Gasteiger partial charge in [0.15, 0.2) is 0 Å². The fourth-order valence-corrected chi connectivity index (χ4v) is 1.74. The van der Waals surface area contributed by atoms with Gasteiger partial charge < -0.3 is 5.32 Å². The zero-order valence-electron chi connectivity index (χ0n) is 9.50. The van der Waals surface area contributed by atoms with E-state index in [0.717, 1.165) is 23.4 Å². The molecule has 1 nitrogen and oxygen atoms in total. The molecule has 0 aromatic heterocycles.